The standard InChI is InChI=1S/C22H28ClN5O4/c1-14(29)27-22(11-5-3-4-6-12-22)21-26-19(32-28-21)10-9-18(30)25-15-7-8-17(23)16(13-15)20(31)24-2/h7-8,13H,3-6,9-12H2,1-2H3,(H,24,31)(H,25,30)(H,27,29). The van der Waals surface area contributed by atoms with Gasteiger partial charge < -0.3 is 20.5 Å². The number of hydrogen-bond acceptors (Lipinski definition) is 6. The molecule has 0 radical (unpaired) electrons. The third-order valence-corrected chi connectivity index (χ3v) is 5.89. The molecule has 9 nitrogen and oxygen atoms in total. The highest BCUT2D eigenvalue weighted by Gasteiger charge is 2.38. The Balaban J connectivity index is 1.64. The van der Waals surface area contributed by atoms with Crippen LogP contribution in [0.1, 0.15) is 73.9 Å². The van der Waals surface area contributed by atoms with Crippen LogP contribution in [0.5, 0.6) is 0 Å². The molecule has 1 aromatic heterocycles. The molecule has 0 aliphatic heterocycles. The fraction of sp³-hybridized carbons (Fsp3) is 0.500. The second kappa shape index (κ2) is 10.6. The zero-order valence-electron chi connectivity index (χ0n) is 18.3. The molecule has 3 rings (SSSR count). The molecule has 1 heterocycles. The molecule has 10 heteroatoms. The van der Waals surface area contributed by atoms with Crippen molar-refractivity contribution in [1.82, 2.24) is 20.8 Å². The maximum Gasteiger partial charge on any atom is 0.252 e. The van der Waals surface area contributed by atoms with E-state index in [1.165, 1.54) is 20.0 Å². The Morgan fingerprint density at radius 1 is 1.16 bits per heavy atom. The second-order valence-corrected chi connectivity index (χ2v) is 8.42. The predicted molar refractivity (Wildman–Crippen MR) is 119 cm³/mol. The van der Waals surface area contributed by atoms with E-state index in [1.54, 1.807) is 12.1 Å². The summed E-state index contributed by atoms with van der Waals surface area (Å²) in [5.74, 6) is 0.0815. The van der Waals surface area contributed by atoms with Crippen LogP contribution in [0.3, 0.4) is 0 Å². The number of carbonyl (C=O) groups excluding carboxylic acids is 3. The minimum Gasteiger partial charge on any atom is -0.355 e. The number of hydrogen-bond donors (Lipinski definition) is 3. The predicted octanol–water partition coefficient (Wildman–Crippen LogP) is 3.34. The van der Waals surface area contributed by atoms with Crippen molar-refractivity contribution >= 4 is 35.0 Å². The first-order valence-electron chi connectivity index (χ1n) is 10.8. The van der Waals surface area contributed by atoms with E-state index in [-0.39, 0.29) is 36.1 Å². The maximum absolute atomic E-state index is 12.4. The highest BCUT2D eigenvalue weighted by molar-refractivity contribution is 6.34. The van der Waals surface area contributed by atoms with Crippen molar-refractivity contribution in [2.24, 2.45) is 0 Å². The van der Waals surface area contributed by atoms with E-state index in [1.807, 2.05) is 0 Å². The van der Waals surface area contributed by atoms with E-state index in [0.29, 0.717) is 22.4 Å². The number of benzene rings is 1. The van der Waals surface area contributed by atoms with Gasteiger partial charge in [0, 0.05) is 32.5 Å². The molecule has 0 atom stereocenters. The molecular formula is C22H28ClN5O4. The number of aryl methyl sites for hydroxylation is 1. The number of aromatic nitrogens is 2. The van der Waals surface area contributed by atoms with Gasteiger partial charge in [0.15, 0.2) is 5.82 Å². The molecule has 172 valence electrons. The minimum absolute atomic E-state index is 0.118. The summed E-state index contributed by atoms with van der Waals surface area (Å²) in [6, 6.07) is 4.70. The summed E-state index contributed by atoms with van der Waals surface area (Å²) >= 11 is 6.04. The van der Waals surface area contributed by atoms with Crippen molar-refractivity contribution in [3.63, 3.8) is 0 Å². The van der Waals surface area contributed by atoms with Crippen LogP contribution in [0, 0.1) is 0 Å². The van der Waals surface area contributed by atoms with Gasteiger partial charge in [0.2, 0.25) is 17.7 Å². The summed E-state index contributed by atoms with van der Waals surface area (Å²) in [6.45, 7) is 1.49. The molecule has 0 bridgehead atoms. The third-order valence-electron chi connectivity index (χ3n) is 5.56. The molecule has 2 aromatic rings. The molecule has 1 fully saturated rings. The first-order chi connectivity index (χ1) is 15.3. The summed E-state index contributed by atoms with van der Waals surface area (Å²) < 4.78 is 5.38. The Hall–Kier alpha value is -2.94. The number of amides is 3. The molecule has 3 amide bonds. The van der Waals surface area contributed by atoms with Crippen LogP contribution in [0.4, 0.5) is 5.69 Å². The number of nitrogens with zero attached hydrogens (tertiary/aromatic N) is 2. The molecular weight excluding hydrogens is 434 g/mol. The summed E-state index contributed by atoms with van der Waals surface area (Å²) in [7, 11) is 1.51. The molecule has 32 heavy (non-hydrogen) atoms. The van der Waals surface area contributed by atoms with Crippen molar-refractivity contribution in [3.05, 3.63) is 40.5 Å². The van der Waals surface area contributed by atoms with Crippen LogP contribution in [0.25, 0.3) is 0 Å². The zero-order valence-corrected chi connectivity index (χ0v) is 19.1. The van der Waals surface area contributed by atoms with Crippen LogP contribution >= 0.6 is 11.6 Å². The van der Waals surface area contributed by atoms with Crippen LogP contribution in [0.2, 0.25) is 5.02 Å². The molecule has 1 aliphatic rings. The fourth-order valence-corrected chi connectivity index (χ4v) is 4.18. The molecule has 1 aromatic carbocycles. The van der Waals surface area contributed by atoms with E-state index >= 15 is 0 Å². The van der Waals surface area contributed by atoms with Crippen LogP contribution in [0.15, 0.2) is 22.7 Å². The SMILES string of the molecule is CNC(=O)c1cc(NC(=O)CCc2nc(C3(NC(C)=O)CCCCCC3)no2)ccc1Cl. The molecule has 0 spiro atoms. The van der Waals surface area contributed by atoms with Crippen molar-refractivity contribution in [3.8, 4) is 0 Å². The van der Waals surface area contributed by atoms with E-state index in [2.05, 4.69) is 26.1 Å². The van der Waals surface area contributed by atoms with Gasteiger partial charge in [0.05, 0.1) is 10.6 Å². The average Bonchev–Trinajstić information content (AvgIpc) is 3.13. The van der Waals surface area contributed by atoms with E-state index in [0.717, 1.165) is 38.5 Å². The molecule has 0 saturated heterocycles. The fourth-order valence-electron chi connectivity index (χ4n) is 3.98. The summed E-state index contributed by atoms with van der Waals surface area (Å²) in [6.07, 6.45) is 6.07. The number of carbonyl (C=O) groups is 3. The van der Waals surface area contributed by atoms with Crippen LogP contribution < -0.4 is 16.0 Å². The first kappa shape index (κ1) is 23.7. The van der Waals surface area contributed by atoms with Gasteiger partial charge in [-0.1, -0.05) is 42.4 Å². The zero-order chi connectivity index (χ0) is 23.1. The summed E-state index contributed by atoms with van der Waals surface area (Å²) in [5.41, 5.74) is 0.124. The van der Waals surface area contributed by atoms with Crippen molar-refractivity contribution in [2.75, 3.05) is 12.4 Å². The summed E-state index contributed by atoms with van der Waals surface area (Å²) in [5, 5.41) is 12.7. The number of anilines is 1. The average molecular weight is 462 g/mol. The lowest BCUT2D eigenvalue weighted by molar-refractivity contribution is -0.121. The quantitative estimate of drug-likeness (QED) is 0.543. The first-order valence-corrected chi connectivity index (χ1v) is 11.1. The number of halogens is 1. The molecule has 1 aliphatic carbocycles. The Morgan fingerprint density at radius 3 is 2.53 bits per heavy atom. The van der Waals surface area contributed by atoms with Gasteiger partial charge >= 0.3 is 0 Å². The Bertz CT molecular complexity index is 982. The number of nitrogens with one attached hydrogen (secondary N) is 3. The van der Waals surface area contributed by atoms with Gasteiger partial charge in [-0.2, -0.15) is 4.98 Å². The highest BCUT2D eigenvalue weighted by atomic mass is 35.5. The maximum atomic E-state index is 12.4. The van der Waals surface area contributed by atoms with E-state index < -0.39 is 5.54 Å². The van der Waals surface area contributed by atoms with Crippen molar-refractivity contribution in [1.29, 1.82) is 0 Å². The van der Waals surface area contributed by atoms with Gasteiger partial charge in [-0.25, -0.2) is 0 Å². The summed E-state index contributed by atoms with van der Waals surface area (Å²) in [4.78, 5) is 40.6. The van der Waals surface area contributed by atoms with E-state index in [9.17, 15) is 14.4 Å². The van der Waals surface area contributed by atoms with E-state index in [4.69, 9.17) is 16.1 Å². The lowest BCUT2D eigenvalue weighted by atomic mass is 9.89. The Kier molecular flexibility index (Phi) is 7.84. The lowest BCUT2D eigenvalue weighted by Crippen LogP contribution is -2.45. The Morgan fingerprint density at radius 2 is 1.88 bits per heavy atom. The monoisotopic (exact) mass is 461 g/mol. The third kappa shape index (κ3) is 5.85. The molecule has 0 unspecified atom stereocenters. The van der Waals surface area contributed by atoms with Gasteiger partial charge in [-0.3, -0.25) is 14.4 Å². The molecule has 1 saturated carbocycles. The van der Waals surface area contributed by atoms with Gasteiger partial charge in [-0.15, -0.1) is 0 Å². The van der Waals surface area contributed by atoms with Gasteiger partial charge in [0.1, 0.15) is 5.54 Å². The largest absolute Gasteiger partial charge is 0.355 e. The molecule has 3 N–H and O–H groups in total. The van der Waals surface area contributed by atoms with Gasteiger partial charge in [-0.05, 0) is 31.0 Å². The van der Waals surface area contributed by atoms with Gasteiger partial charge in [0.25, 0.3) is 5.91 Å². The minimum atomic E-state index is -0.619. The number of rotatable bonds is 7. The second-order valence-electron chi connectivity index (χ2n) is 8.01. The van der Waals surface area contributed by atoms with Crippen LogP contribution in [-0.4, -0.2) is 34.9 Å². The van der Waals surface area contributed by atoms with Crippen molar-refractivity contribution < 1.29 is 18.9 Å². The highest BCUT2D eigenvalue weighted by Crippen LogP contribution is 2.34. The smallest absolute Gasteiger partial charge is 0.252 e. The Labute approximate surface area is 191 Å². The normalized spacial score (nSPS) is 15.5. The lowest BCUT2D eigenvalue weighted by Gasteiger charge is -2.30. The van der Waals surface area contributed by atoms with Crippen LogP contribution in [-0.2, 0) is 21.5 Å². The van der Waals surface area contributed by atoms with Crippen molar-refractivity contribution in [2.45, 2.75) is 63.8 Å². The topological polar surface area (TPSA) is 126 Å².